The molecule has 0 saturated heterocycles. The zero-order valence-electron chi connectivity index (χ0n) is 8.26. The van der Waals surface area contributed by atoms with Crippen LogP contribution in [0.2, 0.25) is 0 Å². The highest BCUT2D eigenvalue weighted by Gasteiger charge is 2.39. The Bertz CT molecular complexity index is 404. The van der Waals surface area contributed by atoms with Crippen molar-refractivity contribution in [1.82, 2.24) is 0 Å². The number of ether oxygens (including phenoxy) is 1. The molecule has 1 aromatic rings. The average Bonchev–Trinajstić information content (AvgIpc) is 2.16. The number of amides is 1. The van der Waals surface area contributed by atoms with Crippen molar-refractivity contribution < 1.29 is 22.7 Å². The summed E-state index contributed by atoms with van der Waals surface area (Å²) in [5, 5.41) is 1.67. The van der Waals surface area contributed by atoms with Crippen molar-refractivity contribution in [3.05, 3.63) is 18.2 Å². The first kappa shape index (κ1) is 12.2. The molecule has 7 heteroatoms. The molecule has 0 fully saturated rings. The molecule has 0 aromatic heterocycles. The molecule has 0 spiro atoms. The SMILES string of the molecule is COc1ccc(N)cc1NC(=O)C(F)(F)F. The zero-order chi connectivity index (χ0) is 12.3. The van der Waals surface area contributed by atoms with Crippen molar-refractivity contribution >= 4 is 17.3 Å². The summed E-state index contributed by atoms with van der Waals surface area (Å²) in [6.07, 6.45) is -4.95. The van der Waals surface area contributed by atoms with Crippen molar-refractivity contribution in [2.75, 3.05) is 18.2 Å². The van der Waals surface area contributed by atoms with Crippen molar-refractivity contribution in [2.45, 2.75) is 6.18 Å². The van der Waals surface area contributed by atoms with E-state index in [9.17, 15) is 18.0 Å². The summed E-state index contributed by atoms with van der Waals surface area (Å²) in [5.41, 5.74) is 5.48. The molecule has 4 nitrogen and oxygen atoms in total. The largest absolute Gasteiger partial charge is 0.495 e. The molecule has 0 bridgehead atoms. The maximum absolute atomic E-state index is 12.0. The van der Waals surface area contributed by atoms with Crippen molar-refractivity contribution in [2.24, 2.45) is 0 Å². The molecule has 1 amide bonds. The van der Waals surface area contributed by atoms with Crippen molar-refractivity contribution in [3.63, 3.8) is 0 Å². The van der Waals surface area contributed by atoms with E-state index in [0.29, 0.717) is 0 Å². The van der Waals surface area contributed by atoms with Crippen molar-refractivity contribution in [1.29, 1.82) is 0 Å². The number of methoxy groups -OCH3 is 1. The fourth-order valence-corrected chi connectivity index (χ4v) is 1.02. The van der Waals surface area contributed by atoms with Gasteiger partial charge in [-0.25, -0.2) is 0 Å². The second-order valence-corrected chi connectivity index (χ2v) is 2.91. The van der Waals surface area contributed by atoms with Crippen LogP contribution in [-0.2, 0) is 4.79 Å². The Kier molecular flexibility index (Phi) is 3.26. The van der Waals surface area contributed by atoms with E-state index in [-0.39, 0.29) is 17.1 Å². The number of alkyl halides is 3. The first-order valence-electron chi connectivity index (χ1n) is 4.16. The fourth-order valence-electron chi connectivity index (χ4n) is 1.02. The van der Waals surface area contributed by atoms with Crippen molar-refractivity contribution in [3.8, 4) is 5.75 Å². The van der Waals surface area contributed by atoms with Crippen LogP contribution in [0.5, 0.6) is 5.75 Å². The molecule has 0 unspecified atom stereocenters. The summed E-state index contributed by atoms with van der Waals surface area (Å²) in [6, 6.07) is 3.99. The topological polar surface area (TPSA) is 64.3 Å². The van der Waals surface area contributed by atoms with Crippen LogP contribution in [0.15, 0.2) is 18.2 Å². The average molecular weight is 234 g/mol. The second kappa shape index (κ2) is 4.30. The lowest BCUT2D eigenvalue weighted by atomic mass is 10.2. The normalized spacial score (nSPS) is 11.0. The number of nitrogens with one attached hydrogen (secondary N) is 1. The van der Waals surface area contributed by atoms with Crippen LogP contribution < -0.4 is 15.8 Å². The number of anilines is 2. The number of halogens is 3. The van der Waals surface area contributed by atoms with Gasteiger partial charge in [0.05, 0.1) is 12.8 Å². The first-order chi connectivity index (χ1) is 7.34. The molecule has 0 radical (unpaired) electrons. The molecular formula is C9H9F3N2O2. The van der Waals surface area contributed by atoms with Gasteiger partial charge < -0.3 is 15.8 Å². The highest BCUT2D eigenvalue weighted by Crippen LogP contribution is 2.28. The summed E-state index contributed by atoms with van der Waals surface area (Å²) < 4.78 is 40.7. The number of rotatable bonds is 2. The van der Waals surface area contributed by atoms with Gasteiger partial charge in [0, 0.05) is 5.69 Å². The highest BCUT2D eigenvalue weighted by atomic mass is 19.4. The third kappa shape index (κ3) is 2.78. The van der Waals surface area contributed by atoms with Gasteiger partial charge in [-0.2, -0.15) is 13.2 Å². The van der Waals surface area contributed by atoms with Crippen LogP contribution in [-0.4, -0.2) is 19.2 Å². The van der Waals surface area contributed by atoms with E-state index in [1.807, 2.05) is 0 Å². The molecular weight excluding hydrogens is 225 g/mol. The minimum Gasteiger partial charge on any atom is -0.495 e. The molecule has 0 atom stereocenters. The van der Waals surface area contributed by atoms with Crippen LogP contribution in [0.25, 0.3) is 0 Å². The maximum Gasteiger partial charge on any atom is 0.471 e. The molecule has 1 aromatic carbocycles. The van der Waals surface area contributed by atoms with E-state index < -0.39 is 12.1 Å². The van der Waals surface area contributed by atoms with E-state index >= 15 is 0 Å². The van der Waals surface area contributed by atoms with Crippen LogP contribution in [0, 0.1) is 0 Å². The van der Waals surface area contributed by atoms with Gasteiger partial charge in [0.1, 0.15) is 5.75 Å². The van der Waals surface area contributed by atoms with Gasteiger partial charge in [0.25, 0.3) is 0 Å². The summed E-state index contributed by atoms with van der Waals surface area (Å²) in [7, 11) is 1.27. The Hall–Kier alpha value is -1.92. The molecule has 88 valence electrons. The van der Waals surface area contributed by atoms with Gasteiger partial charge in [-0.15, -0.1) is 0 Å². The second-order valence-electron chi connectivity index (χ2n) is 2.91. The van der Waals surface area contributed by atoms with Crippen LogP contribution in [0.1, 0.15) is 0 Å². The Morgan fingerprint density at radius 1 is 1.44 bits per heavy atom. The van der Waals surface area contributed by atoms with Crippen LogP contribution >= 0.6 is 0 Å². The molecule has 0 aliphatic carbocycles. The predicted molar refractivity (Wildman–Crippen MR) is 52.1 cm³/mol. The van der Waals surface area contributed by atoms with E-state index in [0.717, 1.165) is 0 Å². The molecule has 0 heterocycles. The number of hydrogen-bond acceptors (Lipinski definition) is 3. The highest BCUT2D eigenvalue weighted by molar-refractivity contribution is 5.96. The Labute approximate surface area is 89.2 Å². The van der Waals surface area contributed by atoms with Gasteiger partial charge in [-0.3, -0.25) is 4.79 Å². The zero-order valence-corrected chi connectivity index (χ0v) is 8.26. The van der Waals surface area contributed by atoms with E-state index in [2.05, 4.69) is 0 Å². The van der Waals surface area contributed by atoms with Gasteiger partial charge in [0.15, 0.2) is 0 Å². The third-order valence-electron chi connectivity index (χ3n) is 1.73. The molecule has 0 saturated carbocycles. The number of nitrogens with two attached hydrogens (primary N) is 1. The Morgan fingerprint density at radius 2 is 2.06 bits per heavy atom. The lowest BCUT2D eigenvalue weighted by Crippen LogP contribution is -2.30. The standard InChI is InChI=1S/C9H9F3N2O2/c1-16-7-3-2-5(13)4-6(7)14-8(15)9(10,11)12/h2-4H,13H2,1H3,(H,14,15). The molecule has 0 aliphatic heterocycles. The number of carbonyl (C=O) groups excluding carboxylic acids is 1. The Morgan fingerprint density at radius 3 is 2.56 bits per heavy atom. The Balaban J connectivity index is 2.96. The molecule has 0 aliphatic rings. The quantitative estimate of drug-likeness (QED) is 0.766. The molecule has 1 rings (SSSR count). The monoisotopic (exact) mass is 234 g/mol. The van der Waals surface area contributed by atoms with Gasteiger partial charge in [0.2, 0.25) is 0 Å². The van der Waals surface area contributed by atoms with Crippen LogP contribution in [0.4, 0.5) is 24.5 Å². The van der Waals surface area contributed by atoms with E-state index in [4.69, 9.17) is 10.5 Å². The molecule has 16 heavy (non-hydrogen) atoms. The minimum absolute atomic E-state index is 0.104. The van der Waals surface area contributed by atoms with Gasteiger partial charge >= 0.3 is 12.1 Å². The lowest BCUT2D eigenvalue weighted by molar-refractivity contribution is -0.167. The number of benzene rings is 1. The number of hydrogen-bond donors (Lipinski definition) is 2. The number of carbonyl (C=O) groups is 1. The van der Waals surface area contributed by atoms with Gasteiger partial charge in [-0.05, 0) is 18.2 Å². The van der Waals surface area contributed by atoms with E-state index in [1.165, 1.54) is 25.3 Å². The third-order valence-corrected chi connectivity index (χ3v) is 1.73. The summed E-state index contributed by atoms with van der Waals surface area (Å²) in [4.78, 5) is 10.7. The van der Waals surface area contributed by atoms with Crippen LogP contribution in [0.3, 0.4) is 0 Å². The summed E-state index contributed by atoms with van der Waals surface area (Å²) >= 11 is 0. The lowest BCUT2D eigenvalue weighted by Gasteiger charge is -2.11. The molecule has 3 N–H and O–H groups in total. The van der Waals surface area contributed by atoms with E-state index in [1.54, 1.807) is 5.32 Å². The fraction of sp³-hybridized carbons (Fsp3) is 0.222. The predicted octanol–water partition coefficient (Wildman–Crippen LogP) is 1.78. The van der Waals surface area contributed by atoms with Gasteiger partial charge in [-0.1, -0.05) is 0 Å². The number of nitrogen functional groups attached to an aromatic ring is 1. The minimum atomic E-state index is -4.95. The smallest absolute Gasteiger partial charge is 0.471 e. The first-order valence-corrected chi connectivity index (χ1v) is 4.16. The summed E-state index contributed by atoms with van der Waals surface area (Å²) in [5.74, 6) is -1.97. The maximum atomic E-state index is 12.0. The summed E-state index contributed by atoms with van der Waals surface area (Å²) in [6.45, 7) is 0.